The second kappa shape index (κ2) is 8.59. The predicted octanol–water partition coefficient (Wildman–Crippen LogP) is 5.34. The number of hydrogen-bond acceptors (Lipinski definition) is 3. The average molecular weight is 387 g/mol. The fourth-order valence-corrected chi connectivity index (χ4v) is 3.62. The summed E-state index contributed by atoms with van der Waals surface area (Å²) in [5.74, 6) is -0.281. The Labute approximate surface area is 166 Å². The molecule has 0 bridgehead atoms. The Morgan fingerprint density at radius 2 is 1.64 bits per heavy atom. The molecule has 0 unspecified atom stereocenters. The van der Waals surface area contributed by atoms with Gasteiger partial charge < -0.3 is 0 Å². The van der Waals surface area contributed by atoms with Crippen LogP contribution in [0.2, 0.25) is 0 Å². The number of nitrogens with zero attached hydrogens (tertiary/aromatic N) is 3. The van der Waals surface area contributed by atoms with E-state index in [2.05, 4.69) is 17.2 Å². The lowest BCUT2D eigenvalue weighted by molar-refractivity contribution is 0.627. The Hall–Kier alpha value is -3.31. The van der Waals surface area contributed by atoms with Gasteiger partial charge >= 0.3 is 0 Å². The molecule has 1 heterocycles. The molecule has 3 nitrogen and oxygen atoms in total. The molecule has 0 spiro atoms. The summed E-state index contributed by atoms with van der Waals surface area (Å²) in [6.07, 6.45) is 1.66. The number of aromatic nitrogens is 1. The summed E-state index contributed by atoms with van der Waals surface area (Å²) in [5, 5.41) is 6.65. The molecule has 0 saturated carbocycles. The van der Waals surface area contributed by atoms with Gasteiger partial charge in [-0.1, -0.05) is 72.8 Å². The minimum absolute atomic E-state index is 0.281. The maximum Gasteiger partial charge on any atom is 0.206 e. The first-order valence-electron chi connectivity index (χ1n) is 8.90. The van der Waals surface area contributed by atoms with E-state index in [9.17, 15) is 4.39 Å². The average Bonchev–Trinajstić information content (AvgIpc) is 3.15. The fourth-order valence-electron chi connectivity index (χ4n) is 2.78. The van der Waals surface area contributed by atoms with E-state index in [1.54, 1.807) is 12.3 Å². The molecule has 28 heavy (non-hydrogen) atoms. The van der Waals surface area contributed by atoms with Crippen LogP contribution >= 0.6 is 11.3 Å². The first-order chi connectivity index (χ1) is 13.8. The minimum Gasteiger partial charge on any atom is -0.253 e. The van der Waals surface area contributed by atoms with Crippen molar-refractivity contribution in [3.05, 3.63) is 112 Å². The summed E-state index contributed by atoms with van der Waals surface area (Å²) in [5.41, 5.74) is 3.84. The highest BCUT2D eigenvalue weighted by Crippen LogP contribution is 2.19. The van der Waals surface area contributed by atoms with Crippen LogP contribution in [-0.2, 0) is 6.54 Å². The SMILES string of the molecule is Fc1cccc(C=Nn2c(-c3ccccc3)csc2=NCc2ccccc2)c1. The van der Waals surface area contributed by atoms with Crippen molar-refractivity contribution in [2.75, 3.05) is 0 Å². The summed E-state index contributed by atoms with van der Waals surface area (Å²) in [7, 11) is 0. The highest BCUT2D eigenvalue weighted by atomic mass is 32.1. The first-order valence-corrected chi connectivity index (χ1v) is 9.78. The van der Waals surface area contributed by atoms with Gasteiger partial charge in [0.1, 0.15) is 5.82 Å². The third-order valence-corrected chi connectivity index (χ3v) is 5.02. The lowest BCUT2D eigenvalue weighted by Gasteiger charge is -2.03. The van der Waals surface area contributed by atoms with Crippen molar-refractivity contribution in [1.29, 1.82) is 0 Å². The van der Waals surface area contributed by atoms with Gasteiger partial charge in [0, 0.05) is 10.9 Å². The third kappa shape index (κ3) is 4.32. The van der Waals surface area contributed by atoms with E-state index in [0.717, 1.165) is 21.6 Å². The molecule has 3 aromatic carbocycles. The highest BCUT2D eigenvalue weighted by molar-refractivity contribution is 7.07. The number of thiazole rings is 1. The van der Waals surface area contributed by atoms with Gasteiger partial charge in [-0.3, -0.25) is 4.99 Å². The zero-order valence-corrected chi connectivity index (χ0v) is 15.9. The van der Waals surface area contributed by atoms with E-state index in [4.69, 9.17) is 4.99 Å². The molecule has 0 radical (unpaired) electrons. The molecule has 4 rings (SSSR count). The first kappa shape index (κ1) is 18.1. The molecule has 0 fully saturated rings. The molecule has 5 heteroatoms. The standard InChI is InChI=1S/C23H18FN3S/c24-21-13-7-10-19(14-21)16-26-27-22(20-11-5-2-6-12-20)17-28-23(27)25-15-18-8-3-1-4-9-18/h1-14,16-17H,15H2. The summed E-state index contributed by atoms with van der Waals surface area (Å²) in [6.45, 7) is 0.574. The lowest BCUT2D eigenvalue weighted by atomic mass is 10.2. The van der Waals surface area contributed by atoms with Crippen LogP contribution in [0.25, 0.3) is 11.3 Å². The quantitative estimate of drug-likeness (QED) is 0.414. The Bertz CT molecular complexity index is 1150. The molecule has 0 aliphatic rings. The van der Waals surface area contributed by atoms with Crippen molar-refractivity contribution in [3.8, 4) is 11.3 Å². The molecule has 0 saturated heterocycles. The van der Waals surface area contributed by atoms with Crippen LogP contribution in [0.5, 0.6) is 0 Å². The molecule has 1 aromatic heterocycles. The predicted molar refractivity (Wildman–Crippen MR) is 113 cm³/mol. The molecule has 0 amide bonds. The molecule has 138 valence electrons. The normalized spacial score (nSPS) is 12.0. The van der Waals surface area contributed by atoms with Gasteiger partial charge in [-0.15, -0.1) is 11.3 Å². The topological polar surface area (TPSA) is 29.6 Å². The van der Waals surface area contributed by atoms with Crippen LogP contribution in [0.4, 0.5) is 4.39 Å². The van der Waals surface area contributed by atoms with E-state index in [1.807, 2.05) is 64.7 Å². The second-order valence-corrected chi connectivity index (χ2v) is 7.02. The lowest BCUT2D eigenvalue weighted by Crippen LogP contribution is -2.12. The molecular formula is C23H18FN3S. The smallest absolute Gasteiger partial charge is 0.206 e. The highest BCUT2D eigenvalue weighted by Gasteiger charge is 2.07. The summed E-state index contributed by atoms with van der Waals surface area (Å²) < 4.78 is 15.3. The van der Waals surface area contributed by atoms with Gasteiger partial charge in [0.2, 0.25) is 4.80 Å². The van der Waals surface area contributed by atoms with Gasteiger partial charge in [0.15, 0.2) is 0 Å². The molecule has 0 aliphatic carbocycles. The zero-order valence-electron chi connectivity index (χ0n) is 15.1. The fraction of sp³-hybridized carbons (Fsp3) is 0.0435. The molecule has 0 N–H and O–H groups in total. The van der Waals surface area contributed by atoms with Crippen molar-refractivity contribution in [2.24, 2.45) is 10.1 Å². The van der Waals surface area contributed by atoms with Crippen LogP contribution in [-0.4, -0.2) is 10.9 Å². The molecule has 0 atom stereocenters. The maximum atomic E-state index is 13.5. The van der Waals surface area contributed by atoms with Crippen LogP contribution in [0, 0.1) is 5.82 Å². The van der Waals surface area contributed by atoms with Crippen LogP contribution in [0.15, 0.2) is 100 Å². The summed E-state index contributed by atoms with van der Waals surface area (Å²) >= 11 is 1.54. The van der Waals surface area contributed by atoms with Gasteiger partial charge in [0.05, 0.1) is 18.5 Å². The second-order valence-electron chi connectivity index (χ2n) is 6.18. The molecular weight excluding hydrogens is 369 g/mol. The van der Waals surface area contributed by atoms with Crippen molar-refractivity contribution in [3.63, 3.8) is 0 Å². The number of benzene rings is 3. The van der Waals surface area contributed by atoms with Gasteiger partial charge in [-0.05, 0) is 23.3 Å². The summed E-state index contributed by atoms with van der Waals surface area (Å²) in [6, 6.07) is 26.5. The Morgan fingerprint density at radius 3 is 2.39 bits per heavy atom. The molecule has 0 aliphatic heterocycles. The van der Waals surface area contributed by atoms with Crippen molar-refractivity contribution < 1.29 is 4.39 Å². The van der Waals surface area contributed by atoms with Crippen LogP contribution in [0.3, 0.4) is 0 Å². The Kier molecular flexibility index (Phi) is 5.54. The van der Waals surface area contributed by atoms with E-state index < -0.39 is 0 Å². The van der Waals surface area contributed by atoms with Crippen molar-refractivity contribution in [1.82, 2.24) is 4.68 Å². The van der Waals surface area contributed by atoms with Crippen LogP contribution in [0.1, 0.15) is 11.1 Å². The maximum absolute atomic E-state index is 13.5. The minimum atomic E-state index is -0.281. The monoisotopic (exact) mass is 387 g/mol. The molecule has 4 aromatic rings. The van der Waals surface area contributed by atoms with Gasteiger partial charge in [-0.25, -0.2) is 9.07 Å². The number of hydrogen-bond donors (Lipinski definition) is 0. The largest absolute Gasteiger partial charge is 0.253 e. The Morgan fingerprint density at radius 1 is 0.893 bits per heavy atom. The van der Waals surface area contributed by atoms with Crippen molar-refractivity contribution in [2.45, 2.75) is 6.54 Å². The van der Waals surface area contributed by atoms with E-state index in [-0.39, 0.29) is 5.82 Å². The van der Waals surface area contributed by atoms with Gasteiger partial charge in [0.25, 0.3) is 0 Å². The summed E-state index contributed by atoms with van der Waals surface area (Å²) in [4.78, 5) is 5.53. The van der Waals surface area contributed by atoms with E-state index >= 15 is 0 Å². The van der Waals surface area contributed by atoms with E-state index in [0.29, 0.717) is 12.1 Å². The third-order valence-electron chi connectivity index (χ3n) is 4.17. The van der Waals surface area contributed by atoms with Crippen molar-refractivity contribution >= 4 is 17.6 Å². The zero-order chi connectivity index (χ0) is 19.2. The Balaban J connectivity index is 1.75. The van der Waals surface area contributed by atoms with Gasteiger partial charge in [-0.2, -0.15) is 5.10 Å². The van der Waals surface area contributed by atoms with E-state index in [1.165, 1.54) is 23.5 Å². The van der Waals surface area contributed by atoms with Crippen LogP contribution < -0.4 is 4.80 Å². The number of halogens is 1. The number of rotatable bonds is 5.